The number of benzene rings is 2. The van der Waals surface area contributed by atoms with Crippen LogP contribution in [0.1, 0.15) is 0 Å². The van der Waals surface area contributed by atoms with Crippen molar-refractivity contribution < 1.29 is 17.9 Å². The molecule has 0 aliphatic carbocycles. The van der Waals surface area contributed by atoms with Gasteiger partial charge in [-0.15, -0.1) is 0 Å². The lowest BCUT2D eigenvalue weighted by Gasteiger charge is -2.14. The van der Waals surface area contributed by atoms with Crippen molar-refractivity contribution in [3.63, 3.8) is 0 Å². The number of halogens is 2. The Morgan fingerprint density at radius 3 is 2.44 bits per heavy atom. The predicted molar refractivity (Wildman–Crippen MR) is 97.9 cm³/mol. The van der Waals surface area contributed by atoms with E-state index in [0.29, 0.717) is 10.8 Å². The third-order valence-corrected chi connectivity index (χ3v) is 5.64. The zero-order chi connectivity index (χ0) is 18.6. The summed E-state index contributed by atoms with van der Waals surface area (Å²) in [5, 5.41) is 3.12. The number of para-hydroxylation sites is 1. The molecule has 25 heavy (non-hydrogen) atoms. The van der Waals surface area contributed by atoms with E-state index in [-0.39, 0.29) is 22.2 Å². The van der Waals surface area contributed by atoms with E-state index in [1.54, 1.807) is 24.3 Å². The normalized spacial score (nSPS) is 11.4. The highest BCUT2D eigenvalue weighted by atomic mass is 35.5. The van der Waals surface area contributed by atoms with E-state index in [4.69, 9.17) is 27.9 Å². The van der Waals surface area contributed by atoms with Crippen LogP contribution in [0.5, 0.6) is 5.75 Å². The largest absolute Gasteiger partial charge is 0.482 e. The Bertz CT molecular complexity index is 885. The van der Waals surface area contributed by atoms with Gasteiger partial charge in [0.25, 0.3) is 5.91 Å². The predicted octanol–water partition coefficient (Wildman–Crippen LogP) is 3.26. The number of carbonyl (C=O) groups excluding carboxylic acids is 1. The second-order valence-electron chi connectivity index (χ2n) is 5.20. The summed E-state index contributed by atoms with van der Waals surface area (Å²) < 4.78 is 30.7. The Hall–Kier alpha value is -1.80. The molecule has 6 nitrogen and oxygen atoms in total. The maximum Gasteiger partial charge on any atom is 0.262 e. The minimum absolute atomic E-state index is 0.0178. The monoisotopic (exact) mass is 402 g/mol. The fraction of sp³-hybridized carbons (Fsp3) is 0.188. The van der Waals surface area contributed by atoms with Gasteiger partial charge in [0.1, 0.15) is 5.75 Å². The molecule has 0 saturated carbocycles. The smallest absolute Gasteiger partial charge is 0.262 e. The zero-order valence-electron chi connectivity index (χ0n) is 13.5. The molecule has 2 aromatic carbocycles. The van der Waals surface area contributed by atoms with Crippen LogP contribution in [0.25, 0.3) is 0 Å². The number of nitrogens with zero attached hydrogens (tertiary/aromatic N) is 1. The Balaban J connectivity index is 2.12. The fourth-order valence-electron chi connectivity index (χ4n) is 1.86. The molecule has 0 atom stereocenters. The van der Waals surface area contributed by atoms with Crippen LogP contribution >= 0.6 is 23.2 Å². The van der Waals surface area contributed by atoms with Crippen molar-refractivity contribution in [1.82, 2.24) is 4.31 Å². The molecule has 0 radical (unpaired) electrons. The lowest BCUT2D eigenvalue weighted by Crippen LogP contribution is -2.23. The second kappa shape index (κ2) is 8.05. The van der Waals surface area contributed by atoms with Crippen LogP contribution in [-0.2, 0) is 14.8 Å². The van der Waals surface area contributed by atoms with E-state index < -0.39 is 15.9 Å². The van der Waals surface area contributed by atoms with Gasteiger partial charge in [0, 0.05) is 14.1 Å². The number of rotatable bonds is 6. The number of anilines is 1. The topological polar surface area (TPSA) is 75.7 Å². The van der Waals surface area contributed by atoms with Gasteiger partial charge in [-0.2, -0.15) is 0 Å². The molecule has 134 valence electrons. The Morgan fingerprint density at radius 2 is 1.80 bits per heavy atom. The summed E-state index contributed by atoms with van der Waals surface area (Å²) in [4.78, 5) is 12.1. The van der Waals surface area contributed by atoms with Gasteiger partial charge in [0.2, 0.25) is 10.0 Å². The van der Waals surface area contributed by atoms with Gasteiger partial charge in [-0.05, 0) is 30.3 Å². The Labute approximate surface area is 156 Å². The average Bonchev–Trinajstić information content (AvgIpc) is 2.55. The number of sulfonamides is 1. The number of hydrogen-bond donors (Lipinski definition) is 1. The first-order chi connectivity index (χ1) is 11.7. The van der Waals surface area contributed by atoms with Crippen molar-refractivity contribution in [1.29, 1.82) is 0 Å². The molecular formula is C16H16Cl2N2O4S. The molecule has 0 heterocycles. The highest BCUT2D eigenvalue weighted by Gasteiger charge is 2.19. The highest BCUT2D eigenvalue weighted by molar-refractivity contribution is 7.89. The van der Waals surface area contributed by atoms with E-state index in [1.807, 2.05) is 0 Å². The summed E-state index contributed by atoms with van der Waals surface area (Å²) in [5.74, 6) is -0.129. The third kappa shape index (κ3) is 4.85. The second-order valence-corrected chi connectivity index (χ2v) is 8.16. The van der Waals surface area contributed by atoms with Crippen molar-refractivity contribution in [2.75, 3.05) is 26.0 Å². The quantitative estimate of drug-likeness (QED) is 0.804. The van der Waals surface area contributed by atoms with Crippen LogP contribution in [0.3, 0.4) is 0 Å². The van der Waals surface area contributed by atoms with Crippen molar-refractivity contribution in [2.45, 2.75) is 4.90 Å². The fourth-order valence-corrected chi connectivity index (χ4v) is 3.15. The summed E-state index contributed by atoms with van der Waals surface area (Å²) in [6.07, 6.45) is 0. The van der Waals surface area contributed by atoms with Crippen LogP contribution < -0.4 is 10.1 Å². The van der Waals surface area contributed by atoms with Crippen LogP contribution in [0.2, 0.25) is 10.0 Å². The lowest BCUT2D eigenvalue weighted by molar-refractivity contribution is -0.118. The third-order valence-electron chi connectivity index (χ3n) is 3.19. The van der Waals surface area contributed by atoms with E-state index in [0.717, 1.165) is 4.31 Å². The molecule has 0 saturated heterocycles. The number of amides is 1. The first kappa shape index (κ1) is 19.5. The molecule has 0 unspecified atom stereocenters. The van der Waals surface area contributed by atoms with Gasteiger partial charge in [-0.1, -0.05) is 35.3 Å². The summed E-state index contributed by atoms with van der Waals surface area (Å²) in [7, 11) is -0.806. The van der Waals surface area contributed by atoms with E-state index >= 15 is 0 Å². The maximum atomic E-state index is 12.2. The lowest BCUT2D eigenvalue weighted by atomic mass is 10.3. The van der Waals surface area contributed by atoms with Crippen LogP contribution in [0.15, 0.2) is 47.4 Å². The van der Waals surface area contributed by atoms with E-state index in [2.05, 4.69) is 5.32 Å². The van der Waals surface area contributed by atoms with Gasteiger partial charge >= 0.3 is 0 Å². The molecule has 0 aromatic heterocycles. The molecule has 2 aromatic rings. The molecule has 0 bridgehead atoms. The summed E-state index contributed by atoms with van der Waals surface area (Å²) >= 11 is 12.0. The highest BCUT2D eigenvalue weighted by Crippen LogP contribution is 2.27. The molecule has 0 fully saturated rings. The molecule has 9 heteroatoms. The van der Waals surface area contributed by atoms with Crippen LogP contribution in [0.4, 0.5) is 5.69 Å². The molecule has 1 N–H and O–H groups in total. The average molecular weight is 403 g/mol. The molecular weight excluding hydrogens is 387 g/mol. The SMILES string of the molecule is CN(C)S(=O)(=O)c1ccc(Cl)c(NC(=O)COc2ccccc2Cl)c1. The molecule has 0 aliphatic rings. The summed E-state index contributed by atoms with van der Waals surface area (Å²) in [6, 6.07) is 10.8. The van der Waals surface area contributed by atoms with Crippen LogP contribution in [-0.4, -0.2) is 39.3 Å². The zero-order valence-corrected chi connectivity index (χ0v) is 15.8. The van der Waals surface area contributed by atoms with E-state index in [1.165, 1.54) is 32.3 Å². The number of hydrogen-bond acceptors (Lipinski definition) is 4. The van der Waals surface area contributed by atoms with Crippen molar-refractivity contribution in [2.24, 2.45) is 0 Å². The molecule has 1 amide bonds. The van der Waals surface area contributed by atoms with Crippen molar-refractivity contribution >= 4 is 44.8 Å². The van der Waals surface area contributed by atoms with Gasteiger partial charge in [0.05, 0.1) is 20.6 Å². The van der Waals surface area contributed by atoms with Crippen molar-refractivity contribution in [3.8, 4) is 5.75 Å². The van der Waals surface area contributed by atoms with Gasteiger partial charge in [0.15, 0.2) is 6.61 Å². The van der Waals surface area contributed by atoms with Gasteiger partial charge < -0.3 is 10.1 Å². The molecule has 0 spiro atoms. The summed E-state index contributed by atoms with van der Waals surface area (Å²) in [6.45, 7) is -0.301. The first-order valence-corrected chi connectivity index (χ1v) is 9.30. The van der Waals surface area contributed by atoms with Crippen LogP contribution in [0, 0.1) is 0 Å². The first-order valence-electron chi connectivity index (χ1n) is 7.11. The summed E-state index contributed by atoms with van der Waals surface area (Å²) in [5.41, 5.74) is 0.178. The molecule has 2 rings (SSSR count). The number of carbonyl (C=O) groups is 1. The van der Waals surface area contributed by atoms with Gasteiger partial charge in [-0.25, -0.2) is 12.7 Å². The number of ether oxygens (including phenoxy) is 1. The number of nitrogens with one attached hydrogen (secondary N) is 1. The van der Waals surface area contributed by atoms with Crippen molar-refractivity contribution in [3.05, 3.63) is 52.5 Å². The van der Waals surface area contributed by atoms with Gasteiger partial charge in [-0.3, -0.25) is 4.79 Å². The van der Waals surface area contributed by atoms with E-state index in [9.17, 15) is 13.2 Å². The molecule has 0 aliphatic heterocycles. The minimum atomic E-state index is -3.64. The Morgan fingerprint density at radius 1 is 1.12 bits per heavy atom. The standard InChI is InChI=1S/C16H16Cl2N2O4S/c1-20(2)25(22,23)11-7-8-12(17)14(9-11)19-16(21)10-24-15-6-4-3-5-13(15)18/h3-9H,10H2,1-2H3,(H,19,21). The maximum absolute atomic E-state index is 12.2. The minimum Gasteiger partial charge on any atom is -0.482 e. The Kier molecular flexibility index (Phi) is 6.29.